The van der Waals surface area contributed by atoms with Gasteiger partial charge < -0.3 is 9.84 Å². The van der Waals surface area contributed by atoms with Crippen LogP contribution in [0.15, 0.2) is 40.9 Å². The molecule has 1 heterocycles. The van der Waals surface area contributed by atoms with Gasteiger partial charge in [-0.15, -0.1) is 0 Å². The second-order valence-corrected chi connectivity index (χ2v) is 6.85. The molecule has 3 heteroatoms. The summed E-state index contributed by atoms with van der Waals surface area (Å²) in [5, 5.41) is 10.6. The van der Waals surface area contributed by atoms with Crippen molar-refractivity contribution < 1.29 is 9.84 Å². The first kappa shape index (κ1) is 13.4. The molecule has 2 atom stereocenters. The molecule has 0 aromatic heterocycles. The van der Waals surface area contributed by atoms with Crippen molar-refractivity contribution in [3.8, 4) is 5.75 Å². The second-order valence-electron chi connectivity index (χ2n) is 5.93. The fourth-order valence-corrected chi connectivity index (χ4v) is 4.06. The van der Waals surface area contributed by atoms with Gasteiger partial charge in [0.15, 0.2) is 0 Å². The summed E-state index contributed by atoms with van der Waals surface area (Å²) in [6.07, 6.45) is 2.25. The molecular weight excluding hydrogens is 328 g/mol. The lowest BCUT2D eigenvalue weighted by Crippen LogP contribution is -2.30. The Hall–Kier alpha value is -1.32. The highest BCUT2D eigenvalue weighted by Gasteiger charge is 2.32. The standard InChI is InChI=1S/C18H17BrO2/c19-14-7-12-5-6-21-18(12)13(8-14)10-17(20)16-9-11-3-1-2-4-15(11)16/h1-4,7-8,16-17,20H,5-6,9-10H2. The van der Waals surface area contributed by atoms with Crippen LogP contribution < -0.4 is 4.74 Å². The van der Waals surface area contributed by atoms with E-state index in [1.54, 1.807) is 0 Å². The van der Waals surface area contributed by atoms with Crippen LogP contribution in [0.2, 0.25) is 0 Å². The molecule has 0 spiro atoms. The summed E-state index contributed by atoms with van der Waals surface area (Å²) in [4.78, 5) is 0. The van der Waals surface area contributed by atoms with Crippen LogP contribution in [0.3, 0.4) is 0 Å². The van der Waals surface area contributed by atoms with Gasteiger partial charge in [0, 0.05) is 23.2 Å². The number of rotatable bonds is 3. The van der Waals surface area contributed by atoms with Gasteiger partial charge in [-0.2, -0.15) is 0 Å². The number of aliphatic hydroxyl groups excluding tert-OH is 1. The van der Waals surface area contributed by atoms with Crippen LogP contribution in [0, 0.1) is 0 Å². The number of aliphatic hydroxyl groups is 1. The van der Waals surface area contributed by atoms with Crippen LogP contribution >= 0.6 is 15.9 Å². The quantitative estimate of drug-likeness (QED) is 0.921. The Labute approximate surface area is 132 Å². The number of fused-ring (bicyclic) bond motifs is 2. The zero-order chi connectivity index (χ0) is 14.4. The van der Waals surface area contributed by atoms with E-state index in [9.17, 15) is 5.11 Å². The predicted octanol–water partition coefficient (Wildman–Crippen LogP) is 3.63. The SMILES string of the molecule is OC(Cc1cc(Br)cc2c1OCC2)C1Cc2ccccc21. The molecular formula is C18H17BrO2. The van der Waals surface area contributed by atoms with Crippen molar-refractivity contribution in [1.82, 2.24) is 0 Å². The zero-order valence-electron chi connectivity index (χ0n) is 11.7. The van der Waals surface area contributed by atoms with Crippen molar-refractivity contribution in [1.29, 1.82) is 0 Å². The van der Waals surface area contributed by atoms with E-state index < -0.39 is 0 Å². The van der Waals surface area contributed by atoms with Crippen molar-refractivity contribution in [3.05, 3.63) is 63.1 Å². The molecule has 0 fully saturated rings. The summed E-state index contributed by atoms with van der Waals surface area (Å²) in [6.45, 7) is 0.751. The topological polar surface area (TPSA) is 29.5 Å². The Bertz CT molecular complexity index is 696. The lowest BCUT2D eigenvalue weighted by atomic mass is 9.73. The Morgan fingerprint density at radius 3 is 2.95 bits per heavy atom. The van der Waals surface area contributed by atoms with Gasteiger partial charge in [-0.1, -0.05) is 40.2 Å². The summed E-state index contributed by atoms with van der Waals surface area (Å²) in [5.41, 5.74) is 5.05. The Morgan fingerprint density at radius 1 is 1.24 bits per heavy atom. The molecule has 2 aromatic rings. The molecule has 2 aromatic carbocycles. The molecule has 2 aliphatic rings. The molecule has 2 nitrogen and oxygen atoms in total. The molecule has 0 saturated carbocycles. The minimum Gasteiger partial charge on any atom is -0.493 e. The monoisotopic (exact) mass is 344 g/mol. The molecule has 1 aliphatic heterocycles. The summed E-state index contributed by atoms with van der Waals surface area (Å²) in [7, 11) is 0. The molecule has 108 valence electrons. The molecule has 4 rings (SSSR count). The maximum Gasteiger partial charge on any atom is 0.125 e. The third-order valence-corrected chi connectivity index (χ3v) is 5.07. The lowest BCUT2D eigenvalue weighted by Gasteiger charge is -2.34. The number of halogens is 1. The third kappa shape index (κ3) is 2.29. The minimum atomic E-state index is -0.345. The van der Waals surface area contributed by atoms with Crippen molar-refractivity contribution in [2.45, 2.75) is 31.3 Å². The summed E-state index contributed by atoms with van der Waals surface area (Å²) in [6, 6.07) is 12.6. The normalized spacial score (nSPS) is 20.2. The number of benzene rings is 2. The third-order valence-electron chi connectivity index (χ3n) is 4.61. The molecule has 0 amide bonds. The van der Waals surface area contributed by atoms with Gasteiger partial charge in [-0.3, -0.25) is 0 Å². The zero-order valence-corrected chi connectivity index (χ0v) is 13.3. The number of ether oxygens (including phenoxy) is 1. The Morgan fingerprint density at radius 2 is 2.10 bits per heavy atom. The van der Waals surface area contributed by atoms with E-state index in [0.717, 1.165) is 35.2 Å². The van der Waals surface area contributed by atoms with E-state index in [2.05, 4.69) is 52.3 Å². The van der Waals surface area contributed by atoms with Gasteiger partial charge in [0.2, 0.25) is 0 Å². The van der Waals surface area contributed by atoms with Gasteiger partial charge in [0.25, 0.3) is 0 Å². The maximum atomic E-state index is 10.6. The first-order valence-electron chi connectivity index (χ1n) is 7.42. The first-order chi connectivity index (χ1) is 10.2. The molecule has 1 N–H and O–H groups in total. The van der Waals surface area contributed by atoms with E-state index in [-0.39, 0.29) is 12.0 Å². The molecule has 21 heavy (non-hydrogen) atoms. The highest BCUT2D eigenvalue weighted by atomic mass is 79.9. The molecule has 0 bridgehead atoms. The van der Waals surface area contributed by atoms with Gasteiger partial charge in [0.05, 0.1) is 12.7 Å². The fourth-order valence-electron chi connectivity index (χ4n) is 3.51. The van der Waals surface area contributed by atoms with E-state index >= 15 is 0 Å². The highest BCUT2D eigenvalue weighted by molar-refractivity contribution is 9.10. The van der Waals surface area contributed by atoms with Crippen molar-refractivity contribution in [2.24, 2.45) is 0 Å². The summed E-state index contributed by atoms with van der Waals surface area (Å²) < 4.78 is 6.83. The van der Waals surface area contributed by atoms with Gasteiger partial charge in [-0.05, 0) is 40.8 Å². The van der Waals surface area contributed by atoms with Gasteiger partial charge in [0.1, 0.15) is 5.75 Å². The van der Waals surface area contributed by atoms with E-state index in [0.29, 0.717) is 6.42 Å². The first-order valence-corrected chi connectivity index (χ1v) is 8.21. The van der Waals surface area contributed by atoms with Crippen LogP contribution in [0.1, 0.15) is 28.2 Å². The largest absolute Gasteiger partial charge is 0.493 e. The second kappa shape index (κ2) is 5.15. The average molecular weight is 345 g/mol. The number of hydrogen-bond donors (Lipinski definition) is 1. The predicted molar refractivity (Wildman–Crippen MR) is 85.9 cm³/mol. The van der Waals surface area contributed by atoms with Crippen LogP contribution in [0.5, 0.6) is 5.75 Å². The smallest absolute Gasteiger partial charge is 0.125 e. The van der Waals surface area contributed by atoms with E-state index in [1.165, 1.54) is 16.7 Å². The average Bonchev–Trinajstić information content (AvgIpc) is 2.88. The van der Waals surface area contributed by atoms with Crippen LogP contribution in [-0.4, -0.2) is 17.8 Å². The minimum absolute atomic E-state index is 0.261. The highest BCUT2D eigenvalue weighted by Crippen LogP contribution is 2.40. The van der Waals surface area contributed by atoms with Gasteiger partial charge >= 0.3 is 0 Å². The number of hydrogen-bond acceptors (Lipinski definition) is 2. The maximum absolute atomic E-state index is 10.6. The van der Waals surface area contributed by atoms with E-state index in [4.69, 9.17) is 4.74 Å². The molecule has 0 saturated heterocycles. The fraction of sp³-hybridized carbons (Fsp3) is 0.333. The van der Waals surface area contributed by atoms with E-state index in [1.807, 2.05) is 0 Å². The van der Waals surface area contributed by atoms with Crippen molar-refractivity contribution >= 4 is 15.9 Å². The van der Waals surface area contributed by atoms with Crippen LogP contribution in [-0.2, 0) is 19.3 Å². The van der Waals surface area contributed by atoms with Crippen LogP contribution in [0.25, 0.3) is 0 Å². The van der Waals surface area contributed by atoms with Crippen LogP contribution in [0.4, 0.5) is 0 Å². The Balaban J connectivity index is 1.58. The lowest BCUT2D eigenvalue weighted by molar-refractivity contribution is 0.132. The summed E-state index contributed by atoms with van der Waals surface area (Å²) in [5.74, 6) is 1.25. The Kier molecular flexibility index (Phi) is 3.27. The molecule has 2 unspecified atom stereocenters. The van der Waals surface area contributed by atoms with Gasteiger partial charge in [-0.25, -0.2) is 0 Å². The molecule has 0 radical (unpaired) electrons. The molecule has 1 aliphatic carbocycles. The summed E-state index contributed by atoms with van der Waals surface area (Å²) >= 11 is 3.56. The van der Waals surface area contributed by atoms with Crippen molar-refractivity contribution in [3.63, 3.8) is 0 Å². The van der Waals surface area contributed by atoms with Crippen molar-refractivity contribution in [2.75, 3.05) is 6.61 Å².